The van der Waals surface area contributed by atoms with Crippen LogP contribution in [0.25, 0.3) is 6.08 Å². The predicted octanol–water partition coefficient (Wildman–Crippen LogP) is 2.97. The summed E-state index contributed by atoms with van der Waals surface area (Å²) < 4.78 is 0. The van der Waals surface area contributed by atoms with Gasteiger partial charge < -0.3 is 0 Å². The molecule has 0 radical (unpaired) electrons. The number of benzene rings is 1. The first-order valence-corrected chi connectivity index (χ1v) is 5.10. The van der Waals surface area contributed by atoms with E-state index in [2.05, 4.69) is 4.89 Å². The molecular weight excluding hydrogens is 204 g/mol. The van der Waals surface area contributed by atoms with Crippen LogP contribution in [0.15, 0.2) is 36.4 Å². The van der Waals surface area contributed by atoms with E-state index in [1.807, 2.05) is 30.3 Å². The molecule has 86 valence electrons. The fourth-order valence-corrected chi connectivity index (χ4v) is 0.922. The van der Waals surface area contributed by atoms with E-state index in [-0.39, 0.29) is 0 Å². The lowest BCUT2D eigenvalue weighted by Gasteiger charge is -2.15. The standard InChI is InChI=1S/C13H16O3/c1-13(2,3)16-15-12(14)10-9-11-7-5-4-6-8-11/h4-10H,1-3H3/b10-9+. The first kappa shape index (κ1) is 12.5. The summed E-state index contributed by atoms with van der Waals surface area (Å²) in [5.41, 5.74) is 0.450. The molecule has 0 N–H and O–H groups in total. The third-order valence-electron chi connectivity index (χ3n) is 1.59. The molecule has 0 aromatic heterocycles. The van der Waals surface area contributed by atoms with Crippen LogP contribution >= 0.6 is 0 Å². The Hall–Kier alpha value is -1.61. The van der Waals surface area contributed by atoms with Crippen molar-refractivity contribution in [1.29, 1.82) is 0 Å². The van der Waals surface area contributed by atoms with Gasteiger partial charge >= 0.3 is 5.97 Å². The Labute approximate surface area is 95.6 Å². The first-order chi connectivity index (χ1) is 7.47. The predicted molar refractivity (Wildman–Crippen MR) is 62.4 cm³/mol. The second-order valence-corrected chi connectivity index (χ2v) is 4.34. The van der Waals surface area contributed by atoms with Crippen LogP contribution in [0.3, 0.4) is 0 Å². The van der Waals surface area contributed by atoms with Gasteiger partial charge in [0.05, 0.1) is 0 Å². The largest absolute Gasteiger partial charge is 0.365 e. The van der Waals surface area contributed by atoms with Crippen molar-refractivity contribution in [2.75, 3.05) is 0 Å². The SMILES string of the molecule is CC(C)(C)OOC(=O)/C=C/c1ccccc1. The zero-order valence-electron chi connectivity index (χ0n) is 9.77. The van der Waals surface area contributed by atoms with Crippen LogP contribution < -0.4 is 0 Å². The van der Waals surface area contributed by atoms with Crippen LogP contribution in [-0.2, 0) is 14.6 Å². The molecule has 3 heteroatoms. The molecule has 0 amide bonds. The Kier molecular flexibility index (Phi) is 4.26. The van der Waals surface area contributed by atoms with Crippen LogP contribution in [0.5, 0.6) is 0 Å². The van der Waals surface area contributed by atoms with Gasteiger partial charge in [0, 0.05) is 6.08 Å². The van der Waals surface area contributed by atoms with Crippen molar-refractivity contribution >= 4 is 12.0 Å². The number of rotatable bonds is 3. The molecule has 0 atom stereocenters. The molecule has 0 saturated heterocycles. The molecule has 16 heavy (non-hydrogen) atoms. The summed E-state index contributed by atoms with van der Waals surface area (Å²) >= 11 is 0. The van der Waals surface area contributed by atoms with E-state index >= 15 is 0 Å². The van der Waals surface area contributed by atoms with Crippen LogP contribution in [0.1, 0.15) is 26.3 Å². The van der Waals surface area contributed by atoms with Crippen molar-refractivity contribution < 1.29 is 14.6 Å². The molecule has 0 heterocycles. The molecule has 0 saturated carbocycles. The summed E-state index contributed by atoms with van der Waals surface area (Å²) in [6.07, 6.45) is 3.01. The maximum Gasteiger partial charge on any atom is 0.365 e. The lowest BCUT2D eigenvalue weighted by atomic mass is 10.2. The summed E-state index contributed by atoms with van der Waals surface area (Å²) in [5, 5.41) is 0. The lowest BCUT2D eigenvalue weighted by Crippen LogP contribution is -2.21. The molecule has 3 nitrogen and oxygen atoms in total. The fraction of sp³-hybridized carbons (Fsp3) is 0.308. The number of hydrogen-bond acceptors (Lipinski definition) is 3. The second-order valence-electron chi connectivity index (χ2n) is 4.34. The van der Waals surface area contributed by atoms with E-state index in [0.29, 0.717) is 0 Å². The number of carbonyl (C=O) groups excluding carboxylic acids is 1. The zero-order chi connectivity index (χ0) is 12.0. The van der Waals surface area contributed by atoms with E-state index < -0.39 is 11.6 Å². The summed E-state index contributed by atoms with van der Waals surface area (Å²) in [7, 11) is 0. The van der Waals surface area contributed by atoms with Crippen LogP contribution in [0.2, 0.25) is 0 Å². The molecule has 0 unspecified atom stereocenters. The Morgan fingerprint density at radius 1 is 1.19 bits per heavy atom. The van der Waals surface area contributed by atoms with Crippen molar-refractivity contribution in [2.24, 2.45) is 0 Å². The summed E-state index contributed by atoms with van der Waals surface area (Å²) in [6, 6.07) is 9.51. The van der Waals surface area contributed by atoms with Gasteiger partial charge in [0.25, 0.3) is 0 Å². The van der Waals surface area contributed by atoms with Gasteiger partial charge in [0.15, 0.2) is 0 Å². The van der Waals surface area contributed by atoms with Gasteiger partial charge in [-0.25, -0.2) is 4.79 Å². The van der Waals surface area contributed by atoms with Crippen molar-refractivity contribution in [3.8, 4) is 0 Å². The monoisotopic (exact) mass is 220 g/mol. The summed E-state index contributed by atoms with van der Waals surface area (Å²) in [5.74, 6) is -0.515. The topological polar surface area (TPSA) is 35.5 Å². The first-order valence-electron chi connectivity index (χ1n) is 5.10. The molecule has 1 aromatic rings. The van der Waals surface area contributed by atoms with Gasteiger partial charge in [-0.2, -0.15) is 4.89 Å². The Balaban J connectivity index is 2.43. The highest BCUT2D eigenvalue weighted by molar-refractivity contribution is 5.86. The second kappa shape index (κ2) is 5.47. The molecule has 1 rings (SSSR count). The lowest BCUT2D eigenvalue weighted by molar-refractivity contribution is -0.316. The quantitative estimate of drug-likeness (QED) is 0.446. The average Bonchev–Trinajstić information content (AvgIpc) is 2.24. The van der Waals surface area contributed by atoms with Crippen LogP contribution in [0.4, 0.5) is 0 Å². The average molecular weight is 220 g/mol. The number of carbonyl (C=O) groups is 1. The van der Waals surface area contributed by atoms with E-state index in [4.69, 9.17) is 4.89 Å². The molecule has 0 aliphatic carbocycles. The van der Waals surface area contributed by atoms with Gasteiger partial charge in [0.1, 0.15) is 5.60 Å². The molecule has 0 fully saturated rings. The van der Waals surface area contributed by atoms with Crippen molar-refractivity contribution in [3.63, 3.8) is 0 Å². The molecule has 0 aliphatic rings. The van der Waals surface area contributed by atoms with Crippen molar-refractivity contribution in [3.05, 3.63) is 42.0 Å². The maximum absolute atomic E-state index is 11.2. The summed E-state index contributed by atoms with van der Waals surface area (Å²) in [6.45, 7) is 5.42. The molecule has 0 spiro atoms. The van der Waals surface area contributed by atoms with Gasteiger partial charge in [-0.05, 0) is 32.4 Å². The van der Waals surface area contributed by atoms with E-state index in [9.17, 15) is 4.79 Å². The van der Waals surface area contributed by atoms with E-state index in [1.165, 1.54) is 6.08 Å². The van der Waals surface area contributed by atoms with Gasteiger partial charge in [0.2, 0.25) is 0 Å². The van der Waals surface area contributed by atoms with Gasteiger partial charge in [-0.3, -0.25) is 4.89 Å². The van der Waals surface area contributed by atoms with Crippen LogP contribution in [-0.4, -0.2) is 11.6 Å². The third kappa shape index (κ3) is 5.32. The van der Waals surface area contributed by atoms with Crippen molar-refractivity contribution in [2.45, 2.75) is 26.4 Å². The molecular formula is C13H16O3. The Bertz CT molecular complexity index is 361. The Morgan fingerprint density at radius 3 is 2.38 bits per heavy atom. The highest BCUT2D eigenvalue weighted by Crippen LogP contribution is 2.07. The Morgan fingerprint density at radius 2 is 1.81 bits per heavy atom. The normalized spacial score (nSPS) is 11.7. The molecule has 0 aliphatic heterocycles. The van der Waals surface area contributed by atoms with E-state index in [0.717, 1.165) is 5.56 Å². The third-order valence-corrected chi connectivity index (χ3v) is 1.59. The minimum Gasteiger partial charge on any atom is -0.293 e. The highest BCUT2D eigenvalue weighted by Gasteiger charge is 2.13. The van der Waals surface area contributed by atoms with Crippen LogP contribution in [0, 0.1) is 0 Å². The van der Waals surface area contributed by atoms with Gasteiger partial charge in [-0.15, -0.1) is 0 Å². The van der Waals surface area contributed by atoms with Gasteiger partial charge in [-0.1, -0.05) is 30.3 Å². The maximum atomic E-state index is 11.2. The minimum absolute atomic E-state index is 0.490. The zero-order valence-corrected chi connectivity index (χ0v) is 9.77. The minimum atomic E-state index is -0.515. The smallest absolute Gasteiger partial charge is 0.293 e. The molecule has 1 aromatic carbocycles. The molecule has 0 bridgehead atoms. The van der Waals surface area contributed by atoms with Crippen molar-refractivity contribution in [1.82, 2.24) is 0 Å². The number of hydrogen-bond donors (Lipinski definition) is 0. The highest BCUT2D eigenvalue weighted by atomic mass is 17.2. The van der Waals surface area contributed by atoms with E-state index in [1.54, 1.807) is 26.8 Å². The summed E-state index contributed by atoms with van der Waals surface area (Å²) in [4.78, 5) is 20.7. The fourth-order valence-electron chi connectivity index (χ4n) is 0.922.